The van der Waals surface area contributed by atoms with E-state index < -0.39 is 5.60 Å². The van der Waals surface area contributed by atoms with E-state index in [2.05, 4.69) is 4.90 Å². The maximum Gasteiger partial charge on any atom is 0.410 e. The summed E-state index contributed by atoms with van der Waals surface area (Å²) in [5.74, 6) is 0. The van der Waals surface area contributed by atoms with E-state index in [1.165, 1.54) is 12.8 Å². The molecule has 0 unspecified atom stereocenters. The van der Waals surface area contributed by atoms with E-state index in [0.29, 0.717) is 6.04 Å². The molecule has 21 heavy (non-hydrogen) atoms. The molecule has 0 aromatic rings. The predicted molar refractivity (Wildman–Crippen MR) is 82.4 cm³/mol. The van der Waals surface area contributed by atoms with E-state index in [-0.39, 0.29) is 6.09 Å². The molecule has 0 bridgehead atoms. The molecule has 0 spiro atoms. The Balaban J connectivity index is 1.80. The maximum atomic E-state index is 12.1. The maximum absolute atomic E-state index is 12.1. The summed E-state index contributed by atoms with van der Waals surface area (Å²) in [5, 5.41) is 0. The number of carbonyl (C=O) groups is 1. The molecule has 5 heteroatoms. The second-order valence-corrected chi connectivity index (χ2v) is 7.16. The lowest BCUT2D eigenvalue weighted by Gasteiger charge is -2.39. The van der Waals surface area contributed by atoms with Crippen LogP contribution in [0.3, 0.4) is 0 Å². The summed E-state index contributed by atoms with van der Waals surface area (Å²) in [6, 6.07) is 1.34. The molecule has 1 saturated carbocycles. The molecule has 1 aliphatic carbocycles. The predicted octanol–water partition coefficient (Wildman–Crippen LogP) is 2.50. The molecule has 0 aromatic heterocycles. The molecule has 5 nitrogen and oxygen atoms in total. The lowest BCUT2D eigenvalue weighted by Crippen LogP contribution is -2.49. The van der Waals surface area contributed by atoms with Crippen molar-refractivity contribution in [1.29, 1.82) is 0 Å². The number of piperidine rings is 1. The fraction of sp³-hybridized carbons (Fsp3) is 0.938. The number of amides is 1. The van der Waals surface area contributed by atoms with Crippen molar-refractivity contribution in [3.05, 3.63) is 0 Å². The minimum absolute atomic E-state index is 0.171. The zero-order valence-corrected chi connectivity index (χ0v) is 13.9. The van der Waals surface area contributed by atoms with Crippen molar-refractivity contribution >= 4 is 6.09 Å². The number of hydrogen-bond acceptors (Lipinski definition) is 4. The second kappa shape index (κ2) is 6.97. The summed E-state index contributed by atoms with van der Waals surface area (Å²) in [6.45, 7) is 9.15. The smallest absolute Gasteiger partial charge is 0.410 e. The third-order valence-electron chi connectivity index (χ3n) is 4.15. The normalized spacial score (nSPS) is 20.9. The van der Waals surface area contributed by atoms with E-state index in [0.717, 1.165) is 45.1 Å². The van der Waals surface area contributed by atoms with Crippen molar-refractivity contribution in [2.75, 3.05) is 33.4 Å². The fourth-order valence-electron chi connectivity index (χ4n) is 2.97. The van der Waals surface area contributed by atoms with Gasteiger partial charge in [0.2, 0.25) is 0 Å². The quantitative estimate of drug-likeness (QED) is 0.782. The third-order valence-corrected chi connectivity index (χ3v) is 4.15. The molecule has 2 aliphatic rings. The average molecular weight is 298 g/mol. The number of rotatable bonds is 5. The van der Waals surface area contributed by atoms with Crippen LogP contribution in [0.5, 0.6) is 0 Å². The molecular weight excluding hydrogens is 268 g/mol. The van der Waals surface area contributed by atoms with Gasteiger partial charge < -0.3 is 14.4 Å². The van der Waals surface area contributed by atoms with Crippen molar-refractivity contribution in [3.63, 3.8) is 0 Å². The highest BCUT2D eigenvalue weighted by atomic mass is 16.6. The molecule has 0 N–H and O–H groups in total. The monoisotopic (exact) mass is 298 g/mol. The molecule has 0 aromatic carbocycles. The number of methoxy groups -OCH3 is 1. The Kier molecular flexibility index (Phi) is 5.49. The first-order valence-electron chi connectivity index (χ1n) is 8.13. The summed E-state index contributed by atoms with van der Waals surface area (Å²) in [5.41, 5.74) is -0.410. The van der Waals surface area contributed by atoms with E-state index in [1.54, 1.807) is 7.11 Å². The van der Waals surface area contributed by atoms with Gasteiger partial charge in [-0.3, -0.25) is 4.90 Å². The molecule has 2 rings (SSSR count). The average Bonchev–Trinajstić information content (AvgIpc) is 3.22. The van der Waals surface area contributed by atoms with Crippen molar-refractivity contribution < 1.29 is 14.3 Å². The number of hydrogen-bond donors (Lipinski definition) is 0. The summed E-state index contributed by atoms with van der Waals surface area (Å²) in [6.07, 6.45) is 4.54. The molecule has 1 amide bonds. The van der Waals surface area contributed by atoms with Gasteiger partial charge in [-0.05, 0) is 46.5 Å². The van der Waals surface area contributed by atoms with Crippen LogP contribution >= 0.6 is 0 Å². The first kappa shape index (κ1) is 16.6. The lowest BCUT2D eigenvalue weighted by molar-refractivity contribution is 0.0119. The minimum atomic E-state index is -0.410. The Labute approximate surface area is 128 Å². The molecule has 1 heterocycles. The van der Waals surface area contributed by atoms with E-state index in [4.69, 9.17) is 9.47 Å². The van der Waals surface area contributed by atoms with Crippen LogP contribution in [0.4, 0.5) is 4.79 Å². The number of nitrogens with zero attached hydrogens (tertiary/aromatic N) is 2. The summed E-state index contributed by atoms with van der Waals surface area (Å²) < 4.78 is 10.7. The summed E-state index contributed by atoms with van der Waals surface area (Å²) in [4.78, 5) is 16.5. The highest BCUT2D eigenvalue weighted by Crippen LogP contribution is 2.31. The largest absolute Gasteiger partial charge is 0.444 e. The van der Waals surface area contributed by atoms with Crippen molar-refractivity contribution in [2.24, 2.45) is 0 Å². The molecule has 2 fully saturated rings. The first-order chi connectivity index (χ1) is 9.90. The molecule has 0 radical (unpaired) electrons. The third kappa shape index (κ3) is 5.15. The Bertz CT molecular complexity index is 342. The SMILES string of the molecule is COCCN(C1CC1)C1CCN(C(=O)OC(C)(C)C)CC1. The van der Waals surface area contributed by atoms with Crippen LogP contribution in [0.15, 0.2) is 0 Å². The molecule has 1 saturated heterocycles. The van der Waals surface area contributed by atoms with E-state index in [9.17, 15) is 4.79 Å². The highest BCUT2D eigenvalue weighted by Gasteiger charge is 2.36. The molecule has 1 aliphatic heterocycles. The number of carbonyl (C=O) groups excluding carboxylic acids is 1. The number of ether oxygens (including phenoxy) is 2. The standard InChI is InChI=1S/C16H30N2O3/c1-16(2,3)21-15(19)17-9-7-14(8-10-17)18(11-12-20-4)13-5-6-13/h13-14H,5-12H2,1-4H3. The molecule has 0 atom stereocenters. The Morgan fingerprint density at radius 2 is 1.71 bits per heavy atom. The van der Waals surface area contributed by atoms with Gasteiger partial charge in [-0.2, -0.15) is 0 Å². The summed E-state index contributed by atoms with van der Waals surface area (Å²) in [7, 11) is 1.76. The van der Waals surface area contributed by atoms with Crippen LogP contribution in [0, 0.1) is 0 Å². The topological polar surface area (TPSA) is 42.0 Å². The van der Waals surface area contributed by atoms with Crippen molar-refractivity contribution in [3.8, 4) is 0 Å². The Hall–Kier alpha value is -0.810. The van der Waals surface area contributed by atoms with Gasteiger partial charge in [0.1, 0.15) is 5.60 Å². The minimum Gasteiger partial charge on any atom is -0.444 e. The van der Waals surface area contributed by atoms with Gasteiger partial charge in [0.15, 0.2) is 0 Å². The lowest BCUT2D eigenvalue weighted by atomic mass is 10.0. The number of likely N-dealkylation sites (tertiary alicyclic amines) is 1. The first-order valence-corrected chi connectivity index (χ1v) is 8.13. The van der Waals surface area contributed by atoms with Gasteiger partial charge in [-0.25, -0.2) is 4.79 Å². The van der Waals surface area contributed by atoms with Crippen LogP contribution in [0.2, 0.25) is 0 Å². The van der Waals surface area contributed by atoms with Crippen LogP contribution in [0.1, 0.15) is 46.5 Å². The van der Waals surface area contributed by atoms with Gasteiger partial charge in [-0.15, -0.1) is 0 Å². The fourth-order valence-corrected chi connectivity index (χ4v) is 2.97. The zero-order valence-electron chi connectivity index (χ0n) is 13.9. The van der Waals surface area contributed by atoms with Crippen LogP contribution in [-0.4, -0.2) is 66.9 Å². The van der Waals surface area contributed by atoms with Gasteiger partial charge in [-0.1, -0.05) is 0 Å². The Morgan fingerprint density at radius 1 is 1.14 bits per heavy atom. The Morgan fingerprint density at radius 3 is 2.19 bits per heavy atom. The van der Waals surface area contributed by atoms with Crippen LogP contribution in [0.25, 0.3) is 0 Å². The van der Waals surface area contributed by atoms with E-state index in [1.807, 2.05) is 25.7 Å². The molecule has 122 valence electrons. The van der Waals surface area contributed by atoms with Gasteiger partial charge in [0.05, 0.1) is 6.61 Å². The van der Waals surface area contributed by atoms with E-state index >= 15 is 0 Å². The van der Waals surface area contributed by atoms with Gasteiger partial charge in [0, 0.05) is 38.8 Å². The summed E-state index contributed by atoms with van der Waals surface area (Å²) >= 11 is 0. The molecular formula is C16H30N2O3. The van der Waals surface area contributed by atoms with Gasteiger partial charge >= 0.3 is 6.09 Å². The second-order valence-electron chi connectivity index (χ2n) is 7.16. The van der Waals surface area contributed by atoms with Crippen molar-refractivity contribution in [2.45, 2.75) is 64.1 Å². The van der Waals surface area contributed by atoms with Crippen LogP contribution in [-0.2, 0) is 9.47 Å². The highest BCUT2D eigenvalue weighted by molar-refractivity contribution is 5.68. The van der Waals surface area contributed by atoms with Crippen LogP contribution < -0.4 is 0 Å². The van der Waals surface area contributed by atoms with Crippen molar-refractivity contribution in [1.82, 2.24) is 9.80 Å². The van der Waals surface area contributed by atoms with Gasteiger partial charge in [0.25, 0.3) is 0 Å². The zero-order chi connectivity index (χ0) is 15.5.